The molecule has 3 aromatic carbocycles. The summed E-state index contributed by atoms with van der Waals surface area (Å²) in [5.74, 6) is -1.24. The van der Waals surface area contributed by atoms with Crippen LogP contribution < -0.4 is 15.6 Å². The number of halogens is 1. The van der Waals surface area contributed by atoms with E-state index in [2.05, 4.69) is 10.9 Å². The monoisotopic (exact) mass is 420 g/mol. The molecule has 6 nitrogen and oxygen atoms in total. The van der Waals surface area contributed by atoms with Gasteiger partial charge in [-0.25, -0.2) is 4.79 Å². The smallest absolute Gasteiger partial charge is 0.343 e. The Morgan fingerprint density at radius 3 is 2.17 bits per heavy atom. The van der Waals surface area contributed by atoms with Crippen LogP contribution in [0, 0.1) is 0 Å². The molecule has 150 valence electrons. The number of hydrogen-bond donors (Lipinski definition) is 2. The number of carbonyl (C=O) groups excluding carboxylic acids is 3. The number of rotatable bonds is 5. The van der Waals surface area contributed by atoms with Crippen molar-refractivity contribution in [1.29, 1.82) is 0 Å². The quantitative estimate of drug-likeness (QED) is 0.282. The van der Waals surface area contributed by atoms with Gasteiger partial charge in [-0.1, -0.05) is 48.0 Å². The minimum absolute atomic E-state index is 0.287. The minimum Gasteiger partial charge on any atom is -0.422 e. The molecule has 0 aliphatic heterocycles. The first-order valence-electron chi connectivity index (χ1n) is 8.93. The van der Waals surface area contributed by atoms with E-state index in [0.29, 0.717) is 21.7 Å². The largest absolute Gasteiger partial charge is 0.422 e. The number of amides is 2. The summed E-state index contributed by atoms with van der Waals surface area (Å²) < 4.78 is 5.43. The zero-order valence-corrected chi connectivity index (χ0v) is 16.4. The predicted molar refractivity (Wildman–Crippen MR) is 114 cm³/mol. The molecule has 2 amide bonds. The van der Waals surface area contributed by atoms with Crippen LogP contribution >= 0.6 is 11.6 Å². The summed E-state index contributed by atoms with van der Waals surface area (Å²) in [5.41, 5.74) is 5.90. The Morgan fingerprint density at radius 1 is 0.767 bits per heavy atom. The second kappa shape index (κ2) is 10.0. The molecule has 0 heterocycles. The molecular weight excluding hydrogens is 404 g/mol. The fourth-order valence-electron chi connectivity index (χ4n) is 2.44. The van der Waals surface area contributed by atoms with Crippen LogP contribution in [0.3, 0.4) is 0 Å². The van der Waals surface area contributed by atoms with Gasteiger partial charge < -0.3 is 4.74 Å². The topological polar surface area (TPSA) is 84.5 Å². The van der Waals surface area contributed by atoms with Gasteiger partial charge in [-0.15, -0.1) is 0 Å². The highest BCUT2D eigenvalue weighted by molar-refractivity contribution is 6.30. The molecule has 0 aliphatic carbocycles. The molecule has 3 aromatic rings. The van der Waals surface area contributed by atoms with Gasteiger partial charge in [-0.2, -0.15) is 0 Å². The molecule has 0 bridgehead atoms. The van der Waals surface area contributed by atoms with Gasteiger partial charge in [0.1, 0.15) is 5.75 Å². The third-order valence-electron chi connectivity index (χ3n) is 3.95. The van der Waals surface area contributed by atoms with Gasteiger partial charge >= 0.3 is 5.97 Å². The number of hydrogen-bond acceptors (Lipinski definition) is 4. The van der Waals surface area contributed by atoms with Gasteiger partial charge in [0, 0.05) is 22.2 Å². The van der Waals surface area contributed by atoms with Crippen molar-refractivity contribution in [3.63, 3.8) is 0 Å². The first-order chi connectivity index (χ1) is 14.5. The number of carbonyl (C=O) groups is 3. The summed E-state index contributed by atoms with van der Waals surface area (Å²) in [5, 5.41) is 0.514. The zero-order chi connectivity index (χ0) is 21.3. The lowest BCUT2D eigenvalue weighted by Crippen LogP contribution is -2.40. The highest BCUT2D eigenvalue weighted by atomic mass is 35.5. The van der Waals surface area contributed by atoms with Crippen LogP contribution in [0.15, 0.2) is 84.9 Å². The van der Waals surface area contributed by atoms with E-state index in [1.807, 2.05) is 0 Å². The maximum Gasteiger partial charge on any atom is 0.343 e. The van der Waals surface area contributed by atoms with Crippen LogP contribution in [-0.4, -0.2) is 17.8 Å². The van der Waals surface area contributed by atoms with Gasteiger partial charge in [0.25, 0.3) is 11.8 Å². The van der Waals surface area contributed by atoms with E-state index in [4.69, 9.17) is 16.3 Å². The molecule has 0 radical (unpaired) electrons. The van der Waals surface area contributed by atoms with E-state index in [0.717, 1.165) is 0 Å². The van der Waals surface area contributed by atoms with Crippen LogP contribution in [0.1, 0.15) is 26.3 Å². The lowest BCUT2D eigenvalue weighted by Gasteiger charge is -2.08. The van der Waals surface area contributed by atoms with Gasteiger partial charge in [-0.05, 0) is 48.5 Å². The fourth-order valence-corrected chi connectivity index (χ4v) is 2.57. The standard InChI is InChI=1S/C23H17ClN2O4/c24-19-13-10-18(11-14-19)23(29)30-20-9-5-4-6-16(20)12-15-21(27)25-26-22(28)17-7-2-1-3-8-17/h1-15H,(H,25,27)(H,26,28)/b15-12+. The van der Waals surface area contributed by atoms with Crippen LogP contribution in [0.2, 0.25) is 5.02 Å². The van der Waals surface area contributed by atoms with Crippen molar-refractivity contribution in [2.24, 2.45) is 0 Å². The molecule has 3 rings (SSSR count). The Hall–Kier alpha value is -3.90. The third-order valence-corrected chi connectivity index (χ3v) is 4.20. The summed E-state index contributed by atoms with van der Waals surface area (Å²) in [4.78, 5) is 36.3. The van der Waals surface area contributed by atoms with Crippen molar-refractivity contribution >= 4 is 35.5 Å². The zero-order valence-electron chi connectivity index (χ0n) is 15.7. The molecule has 0 spiro atoms. The second-order valence-corrected chi connectivity index (χ2v) is 6.51. The average Bonchev–Trinajstić information content (AvgIpc) is 2.78. The Kier molecular flexibility index (Phi) is 6.97. The first kappa shape index (κ1) is 20.8. The van der Waals surface area contributed by atoms with Crippen molar-refractivity contribution in [2.45, 2.75) is 0 Å². The minimum atomic E-state index is -0.549. The highest BCUT2D eigenvalue weighted by Gasteiger charge is 2.11. The molecular formula is C23H17ClN2O4. The Labute approximate surface area is 178 Å². The summed E-state index contributed by atoms with van der Waals surface area (Å²) in [7, 11) is 0. The highest BCUT2D eigenvalue weighted by Crippen LogP contribution is 2.21. The van der Waals surface area contributed by atoms with Gasteiger partial charge in [0.15, 0.2) is 0 Å². The van der Waals surface area contributed by atoms with E-state index >= 15 is 0 Å². The molecule has 0 aromatic heterocycles. The average molecular weight is 421 g/mol. The molecule has 0 aliphatic rings. The van der Waals surface area contributed by atoms with Gasteiger partial charge in [-0.3, -0.25) is 20.4 Å². The molecule has 0 fully saturated rings. The lowest BCUT2D eigenvalue weighted by atomic mass is 10.2. The molecule has 0 atom stereocenters. The second-order valence-electron chi connectivity index (χ2n) is 6.08. The van der Waals surface area contributed by atoms with Crippen LogP contribution in [0.25, 0.3) is 6.08 Å². The van der Waals surface area contributed by atoms with Crippen LogP contribution in [-0.2, 0) is 4.79 Å². The van der Waals surface area contributed by atoms with Crippen molar-refractivity contribution in [3.05, 3.63) is 107 Å². The Morgan fingerprint density at radius 2 is 1.43 bits per heavy atom. The van der Waals surface area contributed by atoms with Crippen molar-refractivity contribution in [3.8, 4) is 5.75 Å². The number of benzene rings is 3. The van der Waals surface area contributed by atoms with Crippen LogP contribution in [0.4, 0.5) is 0 Å². The molecule has 0 saturated heterocycles. The molecule has 0 unspecified atom stereocenters. The fraction of sp³-hybridized carbons (Fsp3) is 0. The van der Waals surface area contributed by atoms with Gasteiger partial charge in [0.05, 0.1) is 5.56 Å². The first-order valence-corrected chi connectivity index (χ1v) is 9.31. The molecule has 2 N–H and O–H groups in total. The van der Waals surface area contributed by atoms with E-state index in [1.54, 1.807) is 78.9 Å². The number of hydrazine groups is 1. The van der Waals surface area contributed by atoms with E-state index in [-0.39, 0.29) is 5.75 Å². The van der Waals surface area contributed by atoms with E-state index < -0.39 is 17.8 Å². The normalized spacial score (nSPS) is 10.4. The number of para-hydroxylation sites is 1. The molecule has 30 heavy (non-hydrogen) atoms. The number of nitrogens with one attached hydrogen (secondary N) is 2. The maximum absolute atomic E-state index is 12.3. The molecule has 7 heteroatoms. The summed E-state index contributed by atoms with van der Waals surface area (Å²) >= 11 is 5.83. The van der Waals surface area contributed by atoms with Crippen molar-refractivity contribution in [1.82, 2.24) is 10.9 Å². The summed E-state index contributed by atoms with van der Waals surface area (Å²) in [6, 6.07) is 21.6. The molecule has 0 saturated carbocycles. The summed E-state index contributed by atoms with van der Waals surface area (Å²) in [6.07, 6.45) is 2.70. The lowest BCUT2D eigenvalue weighted by molar-refractivity contribution is -0.117. The number of esters is 1. The van der Waals surface area contributed by atoms with Crippen molar-refractivity contribution < 1.29 is 19.1 Å². The van der Waals surface area contributed by atoms with Gasteiger partial charge in [0.2, 0.25) is 0 Å². The van der Waals surface area contributed by atoms with E-state index in [1.165, 1.54) is 12.2 Å². The number of ether oxygens (including phenoxy) is 1. The maximum atomic E-state index is 12.3. The Balaban J connectivity index is 1.61. The van der Waals surface area contributed by atoms with E-state index in [9.17, 15) is 14.4 Å². The van der Waals surface area contributed by atoms with Crippen molar-refractivity contribution in [2.75, 3.05) is 0 Å². The summed E-state index contributed by atoms with van der Waals surface area (Å²) in [6.45, 7) is 0. The van der Waals surface area contributed by atoms with Crippen LogP contribution in [0.5, 0.6) is 5.75 Å². The predicted octanol–water partition coefficient (Wildman–Crippen LogP) is 4.03. The third kappa shape index (κ3) is 5.80. The SMILES string of the molecule is O=C(/C=C/c1ccccc1OC(=O)c1ccc(Cl)cc1)NNC(=O)c1ccccc1. The Bertz CT molecular complexity index is 1080.